The second kappa shape index (κ2) is 7.16. The number of carbonyl (C=O) groups is 1. The van der Waals surface area contributed by atoms with Crippen LogP contribution in [0.2, 0.25) is 15.1 Å². The van der Waals surface area contributed by atoms with Crippen LogP contribution >= 0.6 is 34.8 Å². The van der Waals surface area contributed by atoms with Gasteiger partial charge in [0.2, 0.25) is 0 Å². The summed E-state index contributed by atoms with van der Waals surface area (Å²) in [6.45, 7) is 0. The topological polar surface area (TPSA) is 54.5 Å². The molecular formula is C17H14Cl3NO3S. The summed E-state index contributed by atoms with van der Waals surface area (Å²) in [5.74, 6) is -0.326. The van der Waals surface area contributed by atoms with Crippen LogP contribution in [0.5, 0.6) is 0 Å². The summed E-state index contributed by atoms with van der Waals surface area (Å²) in [6, 6.07) is 10.8. The number of sulfone groups is 1. The standard InChI is InChI=1S/C17H14Cl3NO3S/c18-12-3-1-11(2-4-12)17(22)21(14-7-8-25(23,24)10-14)13-5-6-15(19)16(20)9-13/h1-6,9,14H,7-8,10H2. The summed E-state index contributed by atoms with van der Waals surface area (Å²) in [4.78, 5) is 14.5. The van der Waals surface area contributed by atoms with Gasteiger partial charge in [0.1, 0.15) is 0 Å². The van der Waals surface area contributed by atoms with Crippen molar-refractivity contribution in [3.63, 3.8) is 0 Å². The molecule has 0 aliphatic carbocycles. The first-order chi connectivity index (χ1) is 11.8. The van der Waals surface area contributed by atoms with Crippen LogP contribution in [0.15, 0.2) is 42.5 Å². The average Bonchev–Trinajstić information content (AvgIpc) is 2.91. The third-order valence-corrected chi connectivity index (χ3v) is 6.81. The van der Waals surface area contributed by atoms with Crippen LogP contribution in [0, 0.1) is 0 Å². The number of nitrogens with zero attached hydrogens (tertiary/aromatic N) is 1. The maximum Gasteiger partial charge on any atom is 0.258 e. The molecule has 1 atom stereocenters. The molecule has 0 saturated carbocycles. The fourth-order valence-corrected chi connectivity index (χ4v) is 4.96. The average molecular weight is 419 g/mol. The van der Waals surface area contributed by atoms with Crippen molar-refractivity contribution in [2.24, 2.45) is 0 Å². The van der Waals surface area contributed by atoms with Gasteiger partial charge in [-0.05, 0) is 48.9 Å². The minimum atomic E-state index is -3.16. The van der Waals surface area contributed by atoms with E-state index in [-0.39, 0.29) is 17.4 Å². The van der Waals surface area contributed by atoms with Crippen LogP contribution < -0.4 is 4.90 Å². The van der Waals surface area contributed by atoms with Gasteiger partial charge in [-0.1, -0.05) is 34.8 Å². The number of amides is 1. The highest BCUT2D eigenvalue weighted by Gasteiger charge is 2.36. The maximum absolute atomic E-state index is 13.1. The lowest BCUT2D eigenvalue weighted by Gasteiger charge is -2.29. The highest BCUT2D eigenvalue weighted by atomic mass is 35.5. The second-order valence-corrected chi connectivity index (χ2v) is 9.32. The van der Waals surface area contributed by atoms with Gasteiger partial charge in [0.25, 0.3) is 5.91 Å². The lowest BCUT2D eigenvalue weighted by Crippen LogP contribution is -2.41. The molecule has 0 spiro atoms. The summed E-state index contributed by atoms with van der Waals surface area (Å²) >= 11 is 17.9. The number of benzene rings is 2. The molecule has 1 fully saturated rings. The molecule has 2 aromatic carbocycles. The van der Waals surface area contributed by atoms with Crippen molar-refractivity contribution in [3.05, 3.63) is 63.1 Å². The van der Waals surface area contributed by atoms with Gasteiger partial charge in [-0.2, -0.15) is 0 Å². The molecule has 2 aromatic rings. The zero-order valence-corrected chi connectivity index (χ0v) is 16.0. The van der Waals surface area contributed by atoms with E-state index in [0.717, 1.165) is 0 Å². The number of hydrogen-bond donors (Lipinski definition) is 0. The van der Waals surface area contributed by atoms with Gasteiger partial charge in [-0.3, -0.25) is 4.79 Å². The van der Waals surface area contributed by atoms with Crippen molar-refractivity contribution in [2.45, 2.75) is 12.5 Å². The van der Waals surface area contributed by atoms with Crippen molar-refractivity contribution in [2.75, 3.05) is 16.4 Å². The molecule has 0 N–H and O–H groups in total. The molecule has 0 bridgehead atoms. The van der Waals surface area contributed by atoms with E-state index >= 15 is 0 Å². The predicted molar refractivity (Wildman–Crippen MR) is 102 cm³/mol. The molecule has 1 amide bonds. The summed E-state index contributed by atoms with van der Waals surface area (Å²) in [7, 11) is -3.16. The SMILES string of the molecule is O=C(c1ccc(Cl)cc1)N(c1ccc(Cl)c(Cl)c1)C1CCS(=O)(=O)C1. The van der Waals surface area contributed by atoms with Gasteiger partial charge in [-0.15, -0.1) is 0 Å². The van der Waals surface area contributed by atoms with E-state index in [0.29, 0.717) is 32.7 Å². The number of carbonyl (C=O) groups excluding carboxylic acids is 1. The third-order valence-electron chi connectivity index (χ3n) is 4.06. The Morgan fingerprint density at radius 1 is 1.00 bits per heavy atom. The summed E-state index contributed by atoms with van der Waals surface area (Å²) < 4.78 is 23.8. The monoisotopic (exact) mass is 417 g/mol. The van der Waals surface area contributed by atoms with E-state index < -0.39 is 15.9 Å². The summed E-state index contributed by atoms with van der Waals surface area (Å²) in [6.07, 6.45) is 0.377. The Hall–Kier alpha value is -1.27. The number of anilines is 1. The van der Waals surface area contributed by atoms with E-state index in [1.54, 1.807) is 42.5 Å². The van der Waals surface area contributed by atoms with Crippen LogP contribution in [0.1, 0.15) is 16.8 Å². The Morgan fingerprint density at radius 2 is 1.68 bits per heavy atom. The molecule has 3 rings (SSSR count). The van der Waals surface area contributed by atoms with Crippen LogP contribution in [0.4, 0.5) is 5.69 Å². The summed E-state index contributed by atoms with van der Waals surface area (Å²) in [5.41, 5.74) is 0.927. The first-order valence-corrected chi connectivity index (χ1v) is 10.5. The molecule has 25 heavy (non-hydrogen) atoms. The minimum Gasteiger partial charge on any atom is -0.304 e. The largest absolute Gasteiger partial charge is 0.304 e. The number of halogens is 3. The molecule has 1 aliphatic heterocycles. The molecule has 0 radical (unpaired) electrons. The fraction of sp³-hybridized carbons (Fsp3) is 0.235. The van der Waals surface area contributed by atoms with E-state index in [2.05, 4.69) is 0 Å². The molecule has 1 heterocycles. The molecule has 132 valence electrons. The molecule has 1 aliphatic rings. The van der Waals surface area contributed by atoms with Crippen LogP contribution in [-0.2, 0) is 9.84 Å². The molecule has 4 nitrogen and oxygen atoms in total. The normalized spacial score (nSPS) is 18.9. The maximum atomic E-state index is 13.1. The van der Waals surface area contributed by atoms with Crippen LogP contribution in [0.3, 0.4) is 0 Å². The first kappa shape index (κ1) is 18.5. The molecule has 0 aromatic heterocycles. The van der Waals surface area contributed by atoms with Crippen LogP contribution in [-0.4, -0.2) is 31.9 Å². The van der Waals surface area contributed by atoms with Gasteiger partial charge in [0, 0.05) is 16.3 Å². The van der Waals surface area contributed by atoms with Crippen molar-refractivity contribution < 1.29 is 13.2 Å². The minimum absolute atomic E-state index is 0.0589. The van der Waals surface area contributed by atoms with Crippen molar-refractivity contribution in [3.8, 4) is 0 Å². The highest BCUT2D eigenvalue weighted by molar-refractivity contribution is 7.91. The summed E-state index contributed by atoms with van der Waals surface area (Å²) in [5, 5.41) is 1.18. The van der Waals surface area contributed by atoms with Gasteiger partial charge in [0.05, 0.1) is 27.6 Å². The molecule has 8 heteroatoms. The molecule has 1 unspecified atom stereocenters. The van der Waals surface area contributed by atoms with E-state index in [4.69, 9.17) is 34.8 Å². The quantitative estimate of drug-likeness (QED) is 0.738. The molecule has 1 saturated heterocycles. The highest BCUT2D eigenvalue weighted by Crippen LogP contribution is 2.32. The van der Waals surface area contributed by atoms with Crippen molar-refractivity contribution in [1.82, 2.24) is 0 Å². The molecular weight excluding hydrogens is 405 g/mol. The zero-order chi connectivity index (χ0) is 18.2. The first-order valence-electron chi connectivity index (χ1n) is 7.51. The Balaban J connectivity index is 2.03. The van der Waals surface area contributed by atoms with Gasteiger partial charge >= 0.3 is 0 Å². The lowest BCUT2D eigenvalue weighted by molar-refractivity contribution is 0.0979. The van der Waals surface area contributed by atoms with Gasteiger partial charge in [0.15, 0.2) is 9.84 Å². The zero-order valence-electron chi connectivity index (χ0n) is 13.0. The Bertz CT molecular complexity index is 913. The number of rotatable bonds is 3. The predicted octanol–water partition coefficient (Wildman–Crippen LogP) is 4.48. The van der Waals surface area contributed by atoms with E-state index in [1.165, 1.54) is 4.90 Å². The fourth-order valence-electron chi connectivity index (χ4n) is 2.84. The number of hydrogen-bond acceptors (Lipinski definition) is 3. The smallest absolute Gasteiger partial charge is 0.258 e. The Kier molecular flexibility index (Phi) is 5.30. The Labute approximate surface area is 161 Å². The second-order valence-electron chi connectivity index (χ2n) is 5.84. The third kappa shape index (κ3) is 4.11. The van der Waals surface area contributed by atoms with E-state index in [1.807, 2.05) is 0 Å². The lowest BCUT2D eigenvalue weighted by atomic mass is 10.1. The van der Waals surface area contributed by atoms with Gasteiger partial charge in [-0.25, -0.2) is 8.42 Å². The van der Waals surface area contributed by atoms with Gasteiger partial charge < -0.3 is 4.90 Å². The van der Waals surface area contributed by atoms with Crippen LogP contribution in [0.25, 0.3) is 0 Å². The van der Waals surface area contributed by atoms with E-state index in [9.17, 15) is 13.2 Å². The Morgan fingerprint density at radius 3 is 2.24 bits per heavy atom. The van der Waals surface area contributed by atoms with Crippen molar-refractivity contribution >= 4 is 56.2 Å². The van der Waals surface area contributed by atoms with Crippen molar-refractivity contribution in [1.29, 1.82) is 0 Å².